The maximum absolute atomic E-state index is 12.5. The molecule has 1 amide bonds. The molecule has 0 N–H and O–H groups in total. The summed E-state index contributed by atoms with van der Waals surface area (Å²) in [4.78, 5) is 18.9. The fourth-order valence-corrected chi connectivity index (χ4v) is 3.66. The molecular formula is C23H25N3O3. The number of methoxy groups -OCH3 is 1. The lowest BCUT2D eigenvalue weighted by Gasteiger charge is -2.16. The Morgan fingerprint density at radius 1 is 1.17 bits per heavy atom. The van der Waals surface area contributed by atoms with E-state index >= 15 is 0 Å². The minimum Gasteiger partial charge on any atom is -0.496 e. The van der Waals surface area contributed by atoms with Crippen LogP contribution in [0.15, 0.2) is 53.1 Å². The summed E-state index contributed by atoms with van der Waals surface area (Å²) in [6.45, 7) is 5.53. The number of ether oxygens (including phenoxy) is 1. The number of hydrogen-bond acceptors (Lipinski definition) is 5. The number of benzene rings is 2. The highest BCUT2D eigenvalue weighted by atomic mass is 16.5. The molecule has 6 nitrogen and oxygen atoms in total. The summed E-state index contributed by atoms with van der Waals surface area (Å²) in [5.41, 5.74) is 3.20. The summed E-state index contributed by atoms with van der Waals surface area (Å²) >= 11 is 0. The molecule has 150 valence electrons. The molecule has 1 aliphatic heterocycles. The molecule has 6 heteroatoms. The fraction of sp³-hybridized carbons (Fsp3) is 0.348. The van der Waals surface area contributed by atoms with E-state index < -0.39 is 0 Å². The molecule has 0 spiro atoms. The molecule has 0 aliphatic carbocycles. The van der Waals surface area contributed by atoms with Crippen molar-refractivity contribution in [2.75, 3.05) is 13.7 Å². The number of amides is 1. The topological polar surface area (TPSA) is 68.5 Å². The number of nitrogens with zero attached hydrogens (tertiary/aromatic N) is 3. The highest BCUT2D eigenvalue weighted by Crippen LogP contribution is 2.32. The molecular weight excluding hydrogens is 366 g/mol. The largest absolute Gasteiger partial charge is 0.496 e. The van der Waals surface area contributed by atoms with E-state index in [1.54, 1.807) is 7.11 Å². The van der Waals surface area contributed by atoms with Crippen LogP contribution in [0.4, 0.5) is 0 Å². The van der Waals surface area contributed by atoms with Crippen molar-refractivity contribution in [2.45, 2.75) is 38.6 Å². The Bertz CT molecular complexity index is 995. The summed E-state index contributed by atoms with van der Waals surface area (Å²) < 4.78 is 10.9. The van der Waals surface area contributed by atoms with Gasteiger partial charge in [-0.15, -0.1) is 0 Å². The Hall–Kier alpha value is -3.15. The van der Waals surface area contributed by atoms with Gasteiger partial charge in [0.1, 0.15) is 5.75 Å². The van der Waals surface area contributed by atoms with Crippen LogP contribution >= 0.6 is 0 Å². The van der Waals surface area contributed by atoms with Crippen molar-refractivity contribution in [2.24, 2.45) is 0 Å². The molecule has 0 bridgehead atoms. The van der Waals surface area contributed by atoms with Gasteiger partial charge in [0.15, 0.2) is 0 Å². The third kappa shape index (κ3) is 4.01. The molecule has 0 saturated carbocycles. The Kier molecular flexibility index (Phi) is 5.34. The van der Waals surface area contributed by atoms with E-state index in [0.717, 1.165) is 11.1 Å². The number of likely N-dealkylation sites (tertiary alicyclic amines) is 1. The van der Waals surface area contributed by atoms with E-state index in [0.29, 0.717) is 42.9 Å². The highest BCUT2D eigenvalue weighted by molar-refractivity contribution is 5.79. The molecule has 3 aromatic rings. The number of carbonyl (C=O) groups excluding carboxylic acids is 1. The molecule has 1 saturated heterocycles. The minimum absolute atomic E-state index is 0.0894. The lowest BCUT2D eigenvalue weighted by Crippen LogP contribution is -2.24. The van der Waals surface area contributed by atoms with Crippen molar-refractivity contribution < 1.29 is 14.1 Å². The van der Waals surface area contributed by atoms with Crippen LogP contribution in [0, 0.1) is 0 Å². The van der Waals surface area contributed by atoms with E-state index in [-0.39, 0.29) is 11.8 Å². The first-order chi connectivity index (χ1) is 14.0. The smallest absolute Gasteiger partial charge is 0.232 e. The van der Waals surface area contributed by atoms with Gasteiger partial charge in [-0.3, -0.25) is 4.79 Å². The lowest BCUT2D eigenvalue weighted by molar-refractivity contribution is -0.128. The zero-order valence-electron chi connectivity index (χ0n) is 17.0. The molecule has 2 heterocycles. The predicted octanol–water partition coefficient (Wildman–Crippen LogP) is 4.38. The van der Waals surface area contributed by atoms with E-state index in [9.17, 15) is 4.79 Å². The monoisotopic (exact) mass is 391 g/mol. The molecule has 1 aromatic heterocycles. The highest BCUT2D eigenvalue weighted by Gasteiger charge is 2.34. The van der Waals surface area contributed by atoms with Crippen molar-refractivity contribution in [3.8, 4) is 17.1 Å². The number of hydrogen-bond donors (Lipinski definition) is 0. The molecule has 2 aromatic carbocycles. The third-order valence-electron chi connectivity index (χ3n) is 5.37. The summed E-state index contributed by atoms with van der Waals surface area (Å²) in [5, 5.41) is 4.10. The first-order valence-electron chi connectivity index (χ1n) is 9.88. The fourth-order valence-electron chi connectivity index (χ4n) is 3.66. The first-order valence-corrected chi connectivity index (χ1v) is 9.88. The van der Waals surface area contributed by atoms with Gasteiger partial charge in [-0.2, -0.15) is 4.98 Å². The summed E-state index contributed by atoms with van der Waals surface area (Å²) in [5.74, 6) is 2.18. The van der Waals surface area contributed by atoms with Crippen molar-refractivity contribution in [1.29, 1.82) is 0 Å². The van der Waals surface area contributed by atoms with Crippen LogP contribution in [-0.4, -0.2) is 34.6 Å². The van der Waals surface area contributed by atoms with E-state index in [4.69, 9.17) is 9.26 Å². The van der Waals surface area contributed by atoms with Gasteiger partial charge in [0.05, 0.1) is 18.6 Å². The zero-order chi connectivity index (χ0) is 20.4. The van der Waals surface area contributed by atoms with Gasteiger partial charge >= 0.3 is 0 Å². The molecule has 1 aliphatic rings. The average Bonchev–Trinajstić information content (AvgIpc) is 3.36. The molecule has 1 atom stereocenters. The maximum Gasteiger partial charge on any atom is 0.232 e. The number of rotatable bonds is 6. The van der Waals surface area contributed by atoms with Gasteiger partial charge in [-0.1, -0.05) is 55.4 Å². The average molecular weight is 391 g/mol. The minimum atomic E-state index is -0.0894. The Labute approximate surface area is 170 Å². The van der Waals surface area contributed by atoms with Crippen molar-refractivity contribution >= 4 is 5.91 Å². The summed E-state index contributed by atoms with van der Waals surface area (Å²) in [6, 6.07) is 16.0. The van der Waals surface area contributed by atoms with Crippen LogP contribution in [0.3, 0.4) is 0 Å². The van der Waals surface area contributed by atoms with E-state index in [1.165, 1.54) is 5.56 Å². The predicted molar refractivity (Wildman–Crippen MR) is 110 cm³/mol. The standard InChI is InChI=1S/C23H25N3O3/c1-15(2)17-10-8-16(9-11-17)13-26-14-18(12-21(26)27)23-24-22(25-29-23)19-6-4-5-7-20(19)28-3/h4-11,15,18H,12-14H2,1-3H3. The molecule has 29 heavy (non-hydrogen) atoms. The SMILES string of the molecule is COc1ccccc1-c1noc(C2CC(=O)N(Cc3ccc(C(C)C)cc3)C2)n1. The van der Waals surface area contributed by atoms with Gasteiger partial charge in [-0.05, 0) is 29.2 Å². The Balaban J connectivity index is 1.46. The van der Waals surface area contributed by atoms with Crippen LogP contribution in [0.1, 0.15) is 49.1 Å². The van der Waals surface area contributed by atoms with Crippen LogP contribution in [-0.2, 0) is 11.3 Å². The summed E-state index contributed by atoms with van der Waals surface area (Å²) in [7, 11) is 1.61. The van der Waals surface area contributed by atoms with Crippen LogP contribution in [0.25, 0.3) is 11.4 Å². The van der Waals surface area contributed by atoms with Gasteiger partial charge in [0.2, 0.25) is 17.6 Å². The van der Waals surface area contributed by atoms with Gasteiger partial charge in [0, 0.05) is 19.5 Å². The number of aromatic nitrogens is 2. The molecule has 1 unspecified atom stereocenters. The third-order valence-corrected chi connectivity index (χ3v) is 5.37. The normalized spacial score (nSPS) is 16.6. The van der Waals surface area contributed by atoms with Gasteiger partial charge in [0.25, 0.3) is 0 Å². The second-order valence-electron chi connectivity index (χ2n) is 7.73. The molecule has 0 radical (unpaired) electrons. The zero-order valence-corrected chi connectivity index (χ0v) is 17.0. The molecule has 1 fully saturated rings. The maximum atomic E-state index is 12.5. The van der Waals surface area contributed by atoms with Gasteiger partial charge in [-0.25, -0.2) is 0 Å². The Morgan fingerprint density at radius 2 is 1.93 bits per heavy atom. The van der Waals surface area contributed by atoms with Gasteiger partial charge < -0.3 is 14.2 Å². The van der Waals surface area contributed by atoms with Crippen molar-refractivity contribution in [1.82, 2.24) is 15.0 Å². The number of carbonyl (C=O) groups is 1. The number of para-hydroxylation sites is 1. The van der Waals surface area contributed by atoms with Crippen LogP contribution in [0.2, 0.25) is 0 Å². The first kappa shape index (κ1) is 19.2. The van der Waals surface area contributed by atoms with Crippen molar-refractivity contribution in [3.63, 3.8) is 0 Å². The van der Waals surface area contributed by atoms with E-state index in [1.807, 2.05) is 29.2 Å². The lowest BCUT2D eigenvalue weighted by atomic mass is 10.0. The second kappa shape index (κ2) is 8.07. The quantitative estimate of drug-likeness (QED) is 0.624. The van der Waals surface area contributed by atoms with E-state index in [2.05, 4.69) is 48.3 Å². The van der Waals surface area contributed by atoms with Crippen LogP contribution in [0.5, 0.6) is 5.75 Å². The molecule has 4 rings (SSSR count). The van der Waals surface area contributed by atoms with Crippen LogP contribution < -0.4 is 4.74 Å². The Morgan fingerprint density at radius 3 is 2.66 bits per heavy atom. The van der Waals surface area contributed by atoms with Crippen molar-refractivity contribution in [3.05, 3.63) is 65.5 Å². The summed E-state index contributed by atoms with van der Waals surface area (Å²) in [6.07, 6.45) is 0.387. The second-order valence-corrected chi connectivity index (χ2v) is 7.73.